The molecule has 0 radical (unpaired) electrons. The van der Waals surface area contributed by atoms with E-state index in [0.717, 1.165) is 46.5 Å². The predicted molar refractivity (Wildman–Crippen MR) is 153 cm³/mol. The van der Waals surface area contributed by atoms with E-state index in [-0.39, 0.29) is 19.1 Å². The van der Waals surface area contributed by atoms with E-state index in [1.165, 1.54) is 18.2 Å². The van der Waals surface area contributed by atoms with Crippen LogP contribution in [0.4, 0.5) is 10.5 Å². The average molecular weight is 545 g/mol. The quantitative estimate of drug-likeness (QED) is 0.267. The third kappa shape index (κ3) is 7.20. The third-order valence-corrected chi connectivity index (χ3v) is 7.14. The number of hydrogen-bond donors (Lipinski definition) is 1. The van der Waals surface area contributed by atoms with Crippen molar-refractivity contribution in [1.29, 1.82) is 0 Å². The molecule has 40 heavy (non-hydrogen) atoms. The van der Waals surface area contributed by atoms with E-state index in [9.17, 15) is 14.4 Å². The fourth-order valence-electron chi connectivity index (χ4n) is 4.77. The zero-order chi connectivity index (χ0) is 28.5. The summed E-state index contributed by atoms with van der Waals surface area (Å²) in [4.78, 5) is 38.0. The van der Waals surface area contributed by atoms with Gasteiger partial charge in [0.1, 0.15) is 18.9 Å². The highest BCUT2D eigenvalue weighted by Crippen LogP contribution is 2.36. The highest BCUT2D eigenvalue weighted by atomic mass is 16.6. The lowest BCUT2D eigenvalue weighted by molar-refractivity contribution is -0.139. The number of aryl methyl sites for hydroxylation is 1. The van der Waals surface area contributed by atoms with Gasteiger partial charge in [-0.25, -0.2) is 4.79 Å². The van der Waals surface area contributed by atoms with Crippen molar-refractivity contribution >= 4 is 23.7 Å². The molecule has 0 spiro atoms. The Morgan fingerprint density at radius 2 is 1.75 bits per heavy atom. The number of carbonyl (C=O) groups excluding carboxylic acids is 3. The monoisotopic (exact) mass is 544 g/mol. The SMILES string of the molecule is COC(=O)CNC(=O)OCc1ccc(-c2cccc3c2CCCN3C(=O)CCCOc2cccc(C)c2C)cc1. The Labute approximate surface area is 235 Å². The van der Waals surface area contributed by atoms with Crippen LogP contribution in [0.1, 0.15) is 41.5 Å². The molecule has 4 rings (SSSR count). The molecule has 3 aromatic carbocycles. The summed E-state index contributed by atoms with van der Waals surface area (Å²) in [5.41, 5.74) is 7.41. The normalized spacial score (nSPS) is 12.3. The van der Waals surface area contributed by atoms with Crippen molar-refractivity contribution in [1.82, 2.24) is 5.32 Å². The van der Waals surface area contributed by atoms with Gasteiger partial charge in [0.2, 0.25) is 5.91 Å². The number of benzene rings is 3. The Morgan fingerprint density at radius 1 is 0.975 bits per heavy atom. The molecule has 1 heterocycles. The number of rotatable bonds is 10. The number of amides is 2. The summed E-state index contributed by atoms with van der Waals surface area (Å²) in [6.45, 7) is 5.16. The number of carbonyl (C=O) groups is 3. The highest BCUT2D eigenvalue weighted by Gasteiger charge is 2.24. The molecule has 8 heteroatoms. The first-order chi connectivity index (χ1) is 19.4. The fourth-order valence-corrected chi connectivity index (χ4v) is 4.77. The maximum atomic E-state index is 13.2. The molecule has 1 aliphatic heterocycles. The van der Waals surface area contributed by atoms with Crippen LogP contribution in [0.25, 0.3) is 11.1 Å². The molecule has 0 fully saturated rings. The van der Waals surface area contributed by atoms with E-state index in [1.807, 2.05) is 60.4 Å². The summed E-state index contributed by atoms with van der Waals surface area (Å²) in [7, 11) is 1.25. The molecule has 0 aromatic heterocycles. The second kappa shape index (κ2) is 13.6. The topological polar surface area (TPSA) is 94.2 Å². The highest BCUT2D eigenvalue weighted by molar-refractivity contribution is 5.96. The maximum absolute atomic E-state index is 13.2. The fraction of sp³-hybridized carbons (Fsp3) is 0.344. The van der Waals surface area contributed by atoms with Gasteiger partial charge < -0.3 is 24.4 Å². The lowest BCUT2D eigenvalue weighted by Gasteiger charge is -2.31. The summed E-state index contributed by atoms with van der Waals surface area (Å²) in [5, 5.41) is 2.34. The zero-order valence-corrected chi connectivity index (χ0v) is 23.3. The molecule has 8 nitrogen and oxygen atoms in total. The van der Waals surface area contributed by atoms with Crippen molar-refractivity contribution in [3.05, 3.63) is 82.9 Å². The van der Waals surface area contributed by atoms with Gasteiger partial charge in [0.25, 0.3) is 0 Å². The maximum Gasteiger partial charge on any atom is 0.407 e. The number of hydrogen-bond acceptors (Lipinski definition) is 6. The van der Waals surface area contributed by atoms with Crippen LogP contribution in [0.15, 0.2) is 60.7 Å². The first-order valence-electron chi connectivity index (χ1n) is 13.6. The van der Waals surface area contributed by atoms with Crippen LogP contribution in [0.2, 0.25) is 0 Å². The zero-order valence-electron chi connectivity index (χ0n) is 23.3. The van der Waals surface area contributed by atoms with Crippen molar-refractivity contribution < 1.29 is 28.6 Å². The van der Waals surface area contributed by atoms with Gasteiger partial charge >= 0.3 is 12.1 Å². The molecule has 1 N–H and O–H groups in total. The van der Waals surface area contributed by atoms with Gasteiger partial charge in [0.05, 0.1) is 13.7 Å². The minimum absolute atomic E-state index is 0.0790. The summed E-state index contributed by atoms with van der Waals surface area (Å²) in [6, 6.07) is 19.9. The van der Waals surface area contributed by atoms with Crippen LogP contribution in [0.5, 0.6) is 5.75 Å². The van der Waals surface area contributed by atoms with Crippen LogP contribution in [0.3, 0.4) is 0 Å². The van der Waals surface area contributed by atoms with E-state index in [0.29, 0.717) is 26.0 Å². The summed E-state index contributed by atoms with van der Waals surface area (Å²) in [6.07, 6.45) is 2.20. The number of nitrogens with one attached hydrogen (secondary N) is 1. The second-order valence-electron chi connectivity index (χ2n) is 9.80. The molecule has 0 bridgehead atoms. The minimum Gasteiger partial charge on any atom is -0.493 e. The Balaban J connectivity index is 1.35. The predicted octanol–water partition coefficient (Wildman–Crippen LogP) is 5.51. The Morgan fingerprint density at radius 3 is 2.52 bits per heavy atom. The summed E-state index contributed by atoms with van der Waals surface area (Å²) in [5.74, 6) is 0.440. The van der Waals surface area contributed by atoms with E-state index < -0.39 is 12.1 Å². The van der Waals surface area contributed by atoms with Gasteiger partial charge in [-0.1, -0.05) is 48.5 Å². The first kappa shape index (κ1) is 28.7. The Kier molecular flexibility index (Phi) is 9.78. The molecule has 0 aliphatic carbocycles. The van der Waals surface area contributed by atoms with Crippen molar-refractivity contribution in [2.24, 2.45) is 0 Å². The molecule has 3 aromatic rings. The van der Waals surface area contributed by atoms with Crippen LogP contribution in [0, 0.1) is 13.8 Å². The summed E-state index contributed by atoms with van der Waals surface area (Å²) < 4.78 is 15.6. The van der Waals surface area contributed by atoms with Crippen LogP contribution < -0.4 is 15.0 Å². The minimum atomic E-state index is -0.687. The molecule has 2 amide bonds. The van der Waals surface area contributed by atoms with Gasteiger partial charge in [0.15, 0.2) is 0 Å². The van der Waals surface area contributed by atoms with E-state index in [2.05, 4.69) is 29.1 Å². The van der Waals surface area contributed by atoms with Gasteiger partial charge in [-0.3, -0.25) is 9.59 Å². The first-order valence-corrected chi connectivity index (χ1v) is 13.6. The molecular weight excluding hydrogens is 508 g/mol. The second-order valence-corrected chi connectivity index (χ2v) is 9.80. The van der Waals surface area contributed by atoms with E-state index >= 15 is 0 Å². The van der Waals surface area contributed by atoms with Crippen molar-refractivity contribution in [3.8, 4) is 16.9 Å². The van der Waals surface area contributed by atoms with E-state index in [1.54, 1.807) is 0 Å². The van der Waals surface area contributed by atoms with Gasteiger partial charge in [-0.15, -0.1) is 0 Å². The number of methoxy groups -OCH3 is 1. The van der Waals surface area contributed by atoms with Gasteiger partial charge in [-0.2, -0.15) is 0 Å². The standard InChI is InChI=1S/C32H36N2O6/c1-22-8-4-12-29(23(22)2)39-19-7-13-30(35)34-18-6-10-27-26(9-5-11-28(27)34)25-16-14-24(15-17-25)21-40-32(37)33-20-31(36)38-3/h4-5,8-9,11-12,14-17H,6-7,10,13,18-21H2,1-3H3,(H,33,37). The molecular formula is C32H36N2O6. The molecule has 1 aliphatic rings. The number of alkyl carbamates (subject to hydrolysis) is 1. The summed E-state index contributed by atoms with van der Waals surface area (Å²) >= 11 is 0. The lowest BCUT2D eigenvalue weighted by Crippen LogP contribution is -2.35. The van der Waals surface area contributed by atoms with Gasteiger partial charge in [-0.05, 0) is 78.6 Å². The van der Waals surface area contributed by atoms with Crippen LogP contribution in [-0.4, -0.2) is 44.8 Å². The molecule has 0 atom stereocenters. The van der Waals surface area contributed by atoms with Gasteiger partial charge in [0, 0.05) is 18.7 Å². The van der Waals surface area contributed by atoms with Crippen molar-refractivity contribution in [3.63, 3.8) is 0 Å². The van der Waals surface area contributed by atoms with Crippen LogP contribution >= 0.6 is 0 Å². The Bertz CT molecular complexity index is 1350. The third-order valence-electron chi connectivity index (χ3n) is 7.14. The molecule has 0 saturated heterocycles. The average Bonchev–Trinajstić information content (AvgIpc) is 2.98. The van der Waals surface area contributed by atoms with Crippen molar-refractivity contribution in [2.75, 3.05) is 31.7 Å². The largest absolute Gasteiger partial charge is 0.493 e. The molecule has 210 valence electrons. The number of ether oxygens (including phenoxy) is 3. The molecule has 0 unspecified atom stereocenters. The van der Waals surface area contributed by atoms with Crippen molar-refractivity contribution in [2.45, 2.75) is 46.1 Å². The van der Waals surface area contributed by atoms with Crippen LogP contribution in [-0.2, 0) is 32.1 Å². The number of nitrogens with zero attached hydrogens (tertiary/aromatic N) is 1. The number of fused-ring (bicyclic) bond motifs is 1. The smallest absolute Gasteiger partial charge is 0.407 e. The lowest BCUT2D eigenvalue weighted by atomic mass is 9.91. The number of anilines is 1. The molecule has 0 saturated carbocycles. The number of esters is 1. The Hall–Kier alpha value is -4.33. The van der Waals surface area contributed by atoms with E-state index in [4.69, 9.17) is 9.47 Å².